The third-order valence-electron chi connectivity index (χ3n) is 2.12. The van der Waals surface area contributed by atoms with Crippen LogP contribution in [0.25, 0.3) is 0 Å². The van der Waals surface area contributed by atoms with Crippen molar-refractivity contribution in [1.29, 1.82) is 0 Å². The molecule has 0 aromatic carbocycles. The number of hydrogen-bond acceptors (Lipinski definition) is 3. The van der Waals surface area contributed by atoms with E-state index < -0.39 is 0 Å². The molecule has 0 amide bonds. The number of hydrogen-bond donors (Lipinski definition) is 2. The Labute approximate surface area is 92.3 Å². The maximum absolute atomic E-state index is 4.16. The fraction of sp³-hybridized carbons (Fsp3) is 0.583. The summed E-state index contributed by atoms with van der Waals surface area (Å²) in [6, 6.07) is 2.73. The van der Waals surface area contributed by atoms with E-state index in [0.29, 0.717) is 6.04 Å². The molecule has 0 saturated carbocycles. The second kappa shape index (κ2) is 6.53. The van der Waals surface area contributed by atoms with E-state index in [4.69, 9.17) is 0 Å². The highest BCUT2D eigenvalue weighted by molar-refractivity contribution is 5.16. The predicted octanol–water partition coefficient (Wildman–Crippen LogP) is 1.48. The third-order valence-corrected chi connectivity index (χ3v) is 2.12. The van der Waals surface area contributed by atoms with Crippen molar-refractivity contribution in [3.05, 3.63) is 29.6 Å². The zero-order chi connectivity index (χ0) is 11.1. The zero-order valence-corrected chi connectivity index (χ0v) is 9.88. The van der Waals surface area contributed by atoms with Gasteiger partial charge in [0, 0.05) is 38.1 Å². The van der Waals surface area contributed by atoms with Crippen molar-refractivity contribution in [2.45, 2.75) is 33.4 Å². The van der Waals surface area contributed by atoms with Gasteiger partial charge in [-0.25, -0.2) is 0 Å². The summed E-state index contributed by atoms with van der Waals surface area (Å²) < 4.78 is 0. The molecule has 3 nitrogen and oxygen atoms in total. The van der Waals surface area contributed by atoms with Crippen molar-refractivity contribution >= 4 is 0 Å². The molecule has 84 valence electrons. The van der Waals surface area contributed by atoms with Gasteiger partial charge in [-0.2, -0.15) is 0 Å². The average Bonchev–Trinajstić information content (AvgIpc) is 2.17. The molecule has 15 heavy (non-hydrogen) atoms. The molecule has 0 aliphatic rings. The smallest absolute Gasteiger partial charge is 0.0313 e. The Hall–Kier alpha value is -0.930. The van der Waals surface area contributed by atoms with E-state index in [0.717, 1.165) is 19.6 Å². The maximum Gasteiger partial charge on any atom is 0.0313 e. The summed E-state index contributed by atoms with van der Waals surface area (Å²) >= 11 is 0. The minimum Gasteiger partial charge on any atom is -0.313 e. The summed E-state index contributed by atoms with van der Waals surface area (Å²) in [5.74, 6) is 0. The predicted molar refractivity (Wildman–Crippen MR) is 63.8 cm³/mol. The lowest BCUT2D eigenvalue weighted by molar-refractivity contribution is 0.555. The second-order valence-corrected chi connectivity index (χ2v) is 4.16. The lowest BCUT2D eigenvalue weighted by Gasteiger charge is -2.09. The summed E-state index contributed by atoms with van der Waals surface area (Å²) in [7, 11) is 0. The van der Waals surface area contributed by atoms with Gasteiger partial charge in [0.15, 0.2) is 0 Å². The molecule has 0 fully saturated rings. The van der Waals surface area contributed by atoms with E-state index in [1.165, 1.54) is 11.1 Å². The van der Waals surface area contributed by atoms with E-state index in [1.807, 2.05) is 12.4 Å². The van der Waals surface area contributed by atoms with Gasteiger partial charge in [0.2, 0.25) is 0 Å². The third kappa shape index (κ3) is 5.50. The normalized spacial score (nSPS) is 10.9. The SMILES string of the molecule is Cc1cncc(CNCCNC(C)C)c1. The first-order valence-corrected chi connectivity index (χ1v) is 5.53. The largest absolute Gasteiger partial charge is 0.313 e. The number of aromatic nitrogens is 1. The topological polar surface area (TPSA) is 37.0 Å². The van der Waals surface area contributed by atoms with E-state index >= 15 is 0 Å². The molecule has 0 atom stereocenters. The summed E-state index contributed by atoms with van der Waals surface area (Å²) in [6.07, 6.45) is 3.79. The van der Waals surface area contributed by atoms with Crippen LogP contribution in [-0.4, -0.2) is 24.1 Å². The van der Waals surface area contributed by atoms with Gasteiger partial charge < -0.3 is 10.6 Å². The molecule has 1 aromatic rings. The van der Waals surface area contributed by atoms with Gasteiger partial charge in [-0.3, -0.25) is 4.98 Å². The van der Waals surface area contributed by atoms with E-state index in [9.17, 15) is 0 Å². The number of pyridine rings is 1. The molecule has 1 aromatic heterocycles. The van der Waals surface area contributed by atoms with Crippen LogP contribution in [0.4, 0.5) is 0 Å². The second-order valence-electron chi connectivity index (χ2n) is 4.16. The van der Waals surface area contributed by atoms with Crippen LogP contribution >= 0.6 is 0 Å². The quantitative estimate of drug-likeness (QED) is 0.694. The van der Waals surface area contributed by atoms with Gasteiger partial charge in [0.25, 0.3) is 0 Å². The Balaban J connectivity index is 2.15. The molecular formula is C12H21N3. The minimum absolute atomic E-state index is 0.562. The van der Waals surface area contributed by atoms with Gasteiger partial charge in [0.1, 0.15) is 0 Å². The maximum atomic E-state index is 4.16. The van der Waals surface area contributed by atoms with Crippen LogP contribution in [0, 0.1) is 6.92 Å². The Bertz CT molecular complexity index is 284. The summed E-state index contributed by atoms with van der Waals surface area (Å²) in [5, 5.41) is 6.75. The molecule has 0 spiro atoms. The highest BCUT2D eigenvalue weighted by Crippen LogP contribution is 1.99. The van der Waals surface area contributed by atoms with Crippen LogP contribution in [-0.2, 0) is 6.54 Å². The molecule has 0 radical (unpaired) electrons. The molecule has 0 aliphatic carbocycles. The molecule has 0 aliphatic heterocycles. The fourth-order valence-electron chi connectivity index (χ4n) is 1.40. The number of rotatable bonds is 6. The molecule has 3 heteroatoms. The molecule has 1 heterocycles. The van der Waals surface area contributed by atoms with Gasteiger partial charge in [-0.15, -0.1) is 0 Å². The Kier molecular flexibility index (Phi) is 5.29. The number of nitrogens with one attached hydrogen (secondary N) is 2. The molecule has 2 N–H and O–H groups in total. The first-order valence-electron chi connectivity index (χ1n) is 5.53. The highest BCUT2D eigenvalue weighted by Gasteiger charge is 1.94. The number of nitrogens with zero attached hydrogens (tertiary/aromatic N) is 1. The Morgan fingerprint density at radius 3 is 2.73 bits per heavy atom. The Morgan fingerprint density at radius 2 is 2.07 bits per heavy atom. The van der Waals surface area contributed by atoms with Gasteiger partial charge in [0.05, 0.1) is 0 Å². The van der Waals surface area contributed by atoms with Gasteiger partial charge in [-0.05, 0) is 18.1 Å². The van der Waals surface area contributed by atoms with Crippen molar-refractivity contribution in [3.8, 4) is 0 Å². The van der Waals surface area contributed by atoms with Crippen molar-refractivity contribution in [1.82, 2.24) is 15.6 Å². The molecular weight excluding hydrogens is 186 g/mol. The van der Waals surface area contributed by atoms with Crippen molar-refractivity contribution in [2.24, 2.45) is 0 Å². The monoisotopic (exact) mass is 207 g/mol. The standard InChI is InChI=1S/C12H21N3/c1-10(2)15-5-4-13-8-12-6-11(3)7-14-9-12/h6-7,9-10,13,15H,4-5,8H2,1-3H3. The lowest BCUT2D eigenvalue weighted by atomic mass is 10.2. The molecule has 0 unspecified atom stereocenters. The van der Waals surface area contributed by atoms with Crippen molar-refractivity contribution < 1.29 is 0 Å². The molecule has 0 saturated heterocycles. The van der Waals surface area contributed by atoms with Crippen molar-refractivity contribution in [3.63, 3.8) is 0 Å². The zero-order valence-electron chi connectivity index (χ0n) is 9.88. The summed E-state index contributed by atoms with van der Waals surface area (Å²) in [6.45, 7) is 9.28. The fourth-order valence-corrected chi connectivity index (χ4v) is 1.40. The van der Waals surface area contributed by atoms with E-state index in [1.54, 1.807) is 0 Å². The van der Waals surface area contributed by atoms with Crippen LogP contribution < -0.4 is 10.6 Å². The lowest BCUT2D eigenvalue weighted by Crippen LogP contribution is -2.31. The van der Waals surface area contributed by atoms with Gasteiger partial charge in [-0.1, -0.05) is 19.9 Å². The summed E-state index contributed by atoms with van der Waals surface area (Å²) in [4.78, 5) is 4.16. The van der Waals surface area contributed by atoms with Crippen LogP contribution in [0.3, 0.4) is 0 Å². The van der Waals surface area contributed by atoms with Crippen LogP contribution in [0.5, 0.6) is 0 Å². The Morgan fingerprint density at radius 1 is 1.27 bits per heavy atom. The van der Waals surface area contributed by atoms with E-state index in [2.05, 4.69) is 42.5 Å². The highest BCUT2D eigenvalue weighted by atomic mass is 15.0. The minimum atomic E-state index is 0.562. The molecule has 1 rings (SSSR count). The van der Waals surface area contributed by atoms with Crippen LogP contribution in [0.2, 0.25) is 0 Å². The van der Waals surface area contributed by atoms with Gasteiger partial charge >= 0.3 is 0 Å². The number of aryl methyl sites for hydroxylation is 1. The first-order chi connectivity index (χ1) is 7.18. The first kappa shape index (κ1) is 12.1. The van der Waals surface area contributed by atoms with Crippen molar-refractivity contribution in [2.75, 3.05) is 13.1 Å². The summed E-state index contributed by atoms with van der Waals surface area (Å²) in [5.41, 5.74) is 2.47. The van der Waals surface area contributed by atoms with Crippen LogP contribution in [0.1, 0.15) is 25.0 Å². The van der Waals surface area contributed by atoms with E-state index in [-0.39, 0.29) is 0 Å². The van der Waals surface area contributed by atoms with Crippen LogP contribution in [0.15, 0.2) is 18.5 Å². The molecule has 0 bridgehead atoms. The average molecular weight is 207 g/mol.